The van der Waals surface area contributed by atoms with Gasteiger partial charge in [-0.05, 0) is 108 Å². The Morgan fingerprint density at radius 2 is 1.60 bits per heavy atom. The summed E-state index contributed by atoms with van der Waals surface area (Å²) in [6, 6.07) is 9.92. The van der Waals surface area contributed by atoms with Gasteiger partial charge in [-0.3, -0.25) is 4.79 Å². The van der Waals surface area contributed by atoms with Crippen molar-refractivity contribution in [1.29, 1.82) is 0 Å². The molecule has 7 N–H and O–H groups in total. The Bertz CT molecular complexity index is 1750. The minimum absolute atomic E-state index is 0.00935. The second-order valence-corrected chi connectivity index (χ2v) is 20.9. The van der Waals surface area contributed by atoms with E-state index in [9.17, 15) is 40.5 Å². The van der Waals surface area contributed by atoms with E-state index >= 15 is 0 Å². The van der Waals surface area contributed by atoms with Gasteiger partial charge in [0.15, 0.2) is 6.29 Å². The molecule has 5 fully saturated rings. The number of hydrogen-bond acceptors (Lipinski definition) is 10. The number of ether oxygens (including phenoxy) is 3. The van der Waals surface area contributed by atoms with Crippen LogP contribution >= 0.6 is 0 Å². The molecule has 0 spiro atoms. The first-order valence-electron chi connectivity index (χ1n) is 21.9. The number of allylic oxidation sites excluding steroid dienone is 3. The molecular weight excluding hydrogens is 741 g/mol. The number of benzene rings is 1. The van der Waals surface area contributed by atoms with E-state index in [1.165, 1.54) is 5.57 Å². The smallest absolute Gasteiger partial charge is 0.310 e. The zero-order valence-electron chi connectivity index (χ0n) is 35.0. The Balaban J connectivity index is 1.28. The highest BCUT2D eigenvalue weighted by molar-refractivity contribution is 5.76. The Labute approximate surface area is 343 Å². The summed E-state index contributed by atoms with van der Waals surface area (Å²) in [7, 11) is 0. The Hall–Kier alpha value is -2.19. The van der Waals surface area contributed by atoms with Crippen molar-refractivity contribution in [2.45, 2.75) is 129 Å². The fourth-order valence-corrected chi connectivity index (χ4v) is 15.0. The molecule has 7 aliphatic rings. The largest absolute Gasteiger partial charge is 0.481 e. The maximum absolute atomic E-state index is 13.4. The second-order valence-electron chi connectivity index (χ2n) is 20.9. The lowest BCUT2D eigenvalue weighted by molar-refractivity contribution is -0.348. The third kappa shape index (κ3) is 6.03. The number of aliphatic hydroxyl groups excluding tert-OH is 6. The highest BCUT2D eigenvalue weighted by Gasteiger charge is 2.77. The topological polar surface area (TPSA) is 186 Å². The van der Waals surface area contributed by atoms with Gasteiger partial charge < -0.3 is 50.0 Å². The summed E-state index contributed by atoms with van der Waals surface area (Å²) >= 11 is 0. The number of rotatable bonds is 11. The Kier molecular flexibility index (Phi) is 11.0. The molecule has 4 bridgehead atoms. The van der Waals surface area contributed by atoms with E-state index in [0.29, 0.717) is 32.1 Å². The van der Waals surface area contributed by atoms with Gasteiger partial charge in [-0.2, -0.15) is 0 Å². The predicted octanol–water partition coefficient (Wildman–Crippen LogP) is 4.86. The van der Waals surface area contributed by atoms with E-state index in [1.54, 1.807) is 0 Å². The van der Waals surface area contributed by atoms with Crippen molar-refractivity contribution in [3.05, 3.63) is 59.7 Å². The normalized spacial score (nSPS) is 50.6. The molecule has 11 heteroatoms. The van der Waals surface area contributed by atoms with Gasteiger partial charge in [0.25, 0.3) is 0 Å². The molecule has 1 aromatic carbocycles. The summed E-state index contributed by atoms with van der Waals surface area (Å²) in [5, 5.41) is 76.0. The van der Waals surface area contributed by atoms with Crippen LogP contribution in [-0.2, 0) is 25.6 Å². The lowest BCUT2D eigenvalue weighted by Gasteiger charge is -2.77. The molecule has 1 aromatic rings. The van der Waals surface area contributed by atoms with Crippen LogP contribution in [-0.4, -0.2) is 105 Å². The van der Waals surface area contributed by atoms with Crippen molar-refractivity contribution in [3.8, 4) is 0 Å². The van der Waals surface area contributed by atoms with Crippen molar-refractivity contribution in [3.63, 3.8) is 0 Å². The van der Waals surface area contributed by atoms with Gasteiger partial charge in [0, 0.05) is 24.5 Å². The van der Waals surface area contributed by atoms with Gasteiger partial charge in [0.05, 0.1) is 37.4 Å². The third-order valence-corrected chi connectivity index (χ3v) is 18.0. The number of aliphatic carboxylic acids is 1. The highest BCUT2D eigenvalue weighted by atomic mass is 16.7. The molecule has 0 amide bonds. The summed E-state index contributed by atoms with van der Waals surface area (Å²) in [4.78, 5) is 13.4. The quantitative estimate of drug-likeness (QED) is 0.120. The fraction of sp³-hybridized carbons (Fsp3) is 0.766. The van der Waals surface area contributed by atoms with Gasteiger partial charge in [-0.1, -0.05) is 88.8 Å². The molecule has 4 saturated carbocycles. The summed E-state index contributed by atoms with van der Waals surface area (Å²) in [6.07, 6.45) is 5.45. The minimum atomic E-state index is -1.52. The molecule has 0 aromatic heterocycles. The van der Waals surface area contributed by atoms with Crippen molar-refractivity contribution in [2.75, 3.05) is 26.4 Å². The first-order chi connectivity index (χ1) is 27.5. The van der Waals surface area contributed by atoms with Crippen LogP contribution < -0.4 is 0 Å². The molecule has 0 unspecified atom stereocenters. The summed E-state index contributed by atoms with van der Waals surface area (Å²) in [5.74, 6) is -1.23. The van der Waals surface area contributed by atoms with Crippen LogP contribution in [0.5, 0.6) is 0 Å². The van der Waals surface area contributed by atoms with Crippen LogP contribution in [0, 0.1) is 68.0 Å². The molecule has 322 valence electrons. The monoisotopic (exact) mass is 808 g/mol. The van der Waals surface area contributed by atoms with Crippen LogP contribution in [0.4, 0.5) is 0 Å². The third-order valence-electron chi connectivity index (χ3n) is 18.0. The average molecular weight is 809 g/mol. The molecule has 1 heterocycles. The van der Waals surface area contributed by atoms with Crippen LogP contribution in [0.2, 0.25) is 0 Å². The lowest BCUT2D eigenvalue weighted by atomic mass is 9.28. The zero-order valence-corrected chi connectivity index (χ0v) is 35.0. The molecule has 18 atom stereocenters. The van der Waals surface area contributed by atoms with E-state index in [4.69, 9.17) is 14.2 Å². The van der Waals surface area contributed by atoms with Gasteiger partial charge in [-0.25, -0.2) is 0 Å². The molecule has 8 rings (SSSR count). The number of carbonyl (C=O) groups is 1. The van der Waals surface area contributed by atoms with E-state index in [2.05, 4.69) is 52.8 Å². The molecule has 1 saturated heterocycles. The molecule has 1 aliphatic heterocycles. The van der Waals surface area contributed by atoms with Crippen molar-refractivity contribution < 1.29 is 54.8 Å². The predicted molar refractivity (Wildman–Crippen MR) is 215 cm³/mol. The van der Waals surface area contributed by atoms with Gasteiger partial charge >= 0.3 is 5.97 Å². The van der Waals surface area contributed by atoms with Crippen LogP contribution in [0.25, 0.3) is 0 Å². The molecule has 11 nitrogen and oxygen atoms in total. The second kappa shape index (κ2) is 15.0. The first-order valence-corrected chi connectivity index (χ1v) is 21.9. The number of fused-ring (bicyclic) bond motifs is 5. The number of hydrogen-bond donors (Lipinski definition) is 7. The number of carboxylic acid groups (broad SMARTS) is 1. The SMILES string of the molecule is C[C@@]1(CO)CC[C@@]2(C(=O)O)CC[C@@]3(C)C(=C[C@@H](CCCO)[C@H]4[C@@]5(C)[C@@H]6C=C[C@H](C[C@]43C)[C@@H]5[C@](C)(CO)[C@H](O[C@H]3OC[C@@H](O)[C@H](O)[C@H]3O)[C@@H]6OCc3ccccc3)[C@@H]2C1. The standard InChI is InChI=1S/C47H68O11/c1-42(25-49)15-17-47(41(54)55)18-16-44(3)31(32(47)22-42)20-28(12-9-19-48)38-45(44,4)21-29-13-14-30-36(56-23-27-10-7-6-8-11-27)39(43(2,26-50)37(29)46(30,38)5)58-40-35(53)34(52)33(51)24-57-40/h6-8,10-11,13-14,20,28-30,32-40,48-53H,9,12,15-19,21-26H2,1-5H3,(H,54,55)/t28-,29-,30-,32+,33-,34+,35-,36-,37-,38-,39-,40-,42-,43+,44+,45-,46+,47-/m1/s1. The summed E-state index contributed by atoms with van der Waals surface area (Å²) in [5.41, 5.74) is -1.13. The minimum Gasteiger partial charge on any atom is -0.481 e. The highest BCUT2D eigenvalue weighted by Crippen LogP contribution is 2.80. The van der Waals surface area contributed by atoms with Crippen molar-refractivity contribution in [2.24, 2.45) is 68.0 Å². The Morgan fingerprint density at radius 1 is 0.879 bits per heavy atom. The number of aliphatic hydroxyl groups is 6. The molecule has 0 radical (unpaired) electrons. The van der Waals surface area contributed by atoms with E-state index < -0.39 is 59.0 Å². The van der Waals surface area contributed by atoms with Crippen LogP contribution in [0.1, 0.15) is 91.5 Å². The van der Waals surface area contributed by atoms with Gasteiger partial charge in [0.1, 0.15) is 18.3 Å². The summed E-state index contributed by atoms with van der Waals surface area (Å²) < 4.78 is 19.8. The van der Waals surface area contributed by atoms with Gasteiger partial charge in [0.2, 0.25) is 0 Å². The maximum atomic E-state index is 13.4. The first kappa shape index (κ1) is 42.5. The van der Waals surface area contributed by atoms with Crippen LogP contribution in [0.15, 0.2) is 54.1 Å². The van der Waals surface area contributed by atoms with Crippen molar-refractivity contribution in [1.82, 2.24) is 0 Å². The molecule has 58 heavy (non-hydrogen) atoms. The van der Waals surface area contributed by atoms with E-state index in [0.717, 1.165) is 24.8 Å². The van der Waals surface area contributed by atoms with Crippen molar-refractivity contribution >= 4 is 5.97 Å². The zero-order chi connectivity index (χ0) is 41.6. The molecule has 6 aliphatic carbocycles. The Morgan fingerprint density at radius 3 is 2.28 bits per heavy atom. The maximum Gasteiger partial charge on any atom is 0.310 e. The van der Waals surface area contributed by atoms with Gasteiger partial charge in [-0.15, -0.1) is 0 Å². The summed E-state index contributed by atoms with van der Waals surface area (Å²) in [6.45, 7) is 11.3. The van der Waals surface area contributed by atoms with E-state index in [1.807, 2.05) is 30.3 Å². The fourth-order valence-electron chi connectivity index (χ4n) is 15.0. The van der Waals surface area contributed by atoms with E-state index in [-0.39, 0.29) is 84.8 Å². The average Bonchev–Trinajstić information content (AvgIpc) is 3.20. The van der Waals surface area contributed by atoms with Crippen LogP contribution in [0.3, 0.4) is 0 Å². The number of carboxylic acids is 1. The molecular formula is C47H68O11. The lowest BCUT2D eigenvalue weighted by Crippen LogP contribution is -2.75.